The highest BCUT2D eigenvalue weighted by atomic mass is 16.1. The van der Waals surface area contributed by atoms with Crippen molar-refractivity contribution >= 4 is 16.8 Å². The maximum atomic E-state index is 12.5. The van der Waals surface area contributed by atoms with Crippen LogP contribution >= 0.6 is 0 Å². The number of aryl methyl sites for hydroxylation is 1. The second-order valence-electron chi connectivity index (χ2n) is 8.64. The third kappa shape index (κ3) is 3.46. The van der Waals surface area contributed by atoms with E-state index in [1.807, 2.05) is 0 Å². The average molecular weight is 388 g/mol. The molecule has 0 spiro atoms. The molecule has 0 saturated carbocycles. The normalized spacial score (nSPS) is 25.4. The van der Waals surface area contributed by atoms with Gasteiger partial charge in [0.05, 0.1) is 6.04 Å². The van der Waals surface area contributed by atoms with Crippen molar-refractivity contribution in [3.63, 3.8) is 0 Å². The van der Waals surface area contributed by atoms with Crippen molar-refractivity contribution in [2.75, 3.05) is 6.54 Å². The minimum absolute atomic E-state index is 0.195. The van der Waals surface area contributed by atoms with Crippen LogP contribution in [0, 0.1) is 0 Å². The number of hydrogen-bond donors (Lipinski definition) is 1. The molecule has 3 aromatic rings. The molecule has 1 aromatic heterocycles. The molecule has 1 N–H and O–H groups in total. The number of nitrogens with one attached hydrogen (secondary N) is 1. The van der Waals surface area contributed by atoms with E-state index < -0.39 is 0 Å². The number of carbonyl (C=O) groups excluding carboxylic acids is 1. The maximum absolute atomic E-state index is 12.5. The molecule has 0 aliphatic carbocycles. The SMILES string of the molecule is Cn1cc(CN2C[C@@H](c3ccccc3)[C@@H]3NC(=O)CCCC[C@H]32)c2ccccc21. The molecule has 0 unspecified atom stereocenters. The van der Waals surface area contributed by atoms with Crippen LogP contribution in [0.5, 0.6) is 0 Å². The lowest BCUT2D eigenvalue weighted by atomic mass is 9.88. The number of amides is 1. The van der Waals surface area contributed by atoms with Gasteiger partial charge in [-0.25, -0.2) is 0 Å². The van der Waals surface area contributed by atoms with Crippen LogP contribution < -0.4 is 5.32 Å². The van der Waals surface area contributed by atoms with E-state index in [1.54, 1.807) is 0 Å². The van der Waals surface area contributed by atoms with E-state index in [4.69, 9.17) is 0 Å². The number of aromatic nitrogens is 1. The van der Waals surface area contributed by atoms with E-state index in [0.29, 0.717) is 18.4 Å². The van der Waals surface area contributed by atoms with E-state index >= 15 is 0 Å². The Balaban J connectivity index is 1.49. The van der Waals surface area contributed by atoms with Crippen LogP contribution in [0.2, 0.25) is 0 Å². The molecule has 1 amide bonds. The van der Waals surface area contributed by atoms with Crippen molar-refractivity contribution in [2.24, 2.45) is 7.05 Å². The van der Waals surface area contributed by atoms with Gasteiger partial charge >= 0.3 is 0 Å². The summed E-state index contributed by atoms with van der Waals surface area (Å²) in [5.74, 6) is 0.561. The van der Waals surface area contributed by atoms with Crippen molar-refractivity contribution in [1.82, 2.24) is 14.8 Å². The number of rotatable bonds is 3. The second kappa shape index (κ2) is 7.68. The zero-order chi connectivity index (χ0) is 19.8. The Morgan fingerprint density at radius 2 is 1.83 bits per heavy atom. The monoisotopic (exact) mass is 387 g/mol. The van der Waals surface area contributed by atoms with Crippen LogP contribution in [0.3, 0.4) is 0 Å². The summed E-state index contributed by atoms with van der Waals surface area (Å²) in [5.41, 5.74) is 4.00. The van der Waals surface area contributed by atoms with Gasteiger partial charge in [-0.1, -0.05) is 55.0 Å². The van der Waals surface area contributed by atoms with Crippen LogP contribution in [0.4, 0.5) is 0 Å². The van der Waals surface area contributed by atoms with Gasteiger partial charge < -0.3 is 9.88 Å². The Labute approximate surface area is 172 Å². The number of benzene rings is 2. The zero-order valence-electron chi connectivity index (χ0n) is 17.1. The van der Waals surface area contributed by atoms with E-state index in [1.165, 1.54) is 22.0 Å². The first kappa shape index (κ1) is 18.4. The quantitative estimate of drug-likeness (QED) is 0.731. The predicted molar refractivity (Wildman–Crippen MR) is 117 cm³/mol. The molecular formula is C25H29N3O. The lowest BCUT2D eigenvalue weighted by molar-refractivity contribution is -0.122. The summed E-state index contributed by atoms with van der Waals surface area (Å²) in [6.07, 6.45) is 6.21. The Morgan fingerprint density at radius 1 is 1.03 bits per heavy atom. The van der Waals surface area contributed by atoms with Crippen LogP contribution in [-0.2, 0) is 18.4 Å². The molecule has 2 saturated heterocycles. The first-order chi connectivity index (χ1) is 14.2. The highest BCUT2D eigenvalue weighted by Crippen LogP contribution is 2.37. The largest absolute Gasteiger partial charge is 0.351 e. The molecule has 150 valence electrons. The Kier molecular flexibility index (Phi) is 4.88. The van der Waals surface area contributed by atoms with Crippen LogP contribution in [0.1, 0.15) is 42.7 Å². The summed E-state index contributed by atoms with van der Waals surface area (Å²) in [6, 6.07) is 20.0. The van der Waals surface area contributed by atoms with Crippen molar-refractivity contribution in [2.45, 2.75) is 50.2 Å². The molecule has 29 heavy (non-hydrogen) atoms. The summed E-state index contributed by atoms with van der Waals surface area (Å²) in [7, 11) is 2.13. The van der Waals surface area contributed by atoms with E-state index in [9.17, 15) is 4.79 Å². The predicted octanol–water partition coefficient (Wildman–Crippen LogP) is 4.21. The van der Waals surface area contributed by atoms with Crippen molar-refractivity contribution in [3.05, 3.63) is 71.9 Å². The number of hydrogen-bond acceptors (Lipinski definition) is 2. The molecule has 0 radical (unpaired) electrons. The molecule has 3 heterocycles. The Morgan fingerprint density at radius 3 is 2.69 bits per heavy atom. The number of carbonyl (C=O) groups is 1. The highest BCUT2D eigenvalue weighted by Gasteiger charge is 2.43. The van der Waals surface area contributed by atoms with Gasteiger partial charge in [-0.05, 0) is 30.0 Å². The van der Waals surface area contributed by atoms with Gasteiger partial charge in [0, 0.05) is 55.6 Å². The summed E-state index contributed by atoms with van der Waals surface area (Å²) < 4.78 is 2.23. The summed E-state index contributed by atoms with van der Waals surface area (Å²) >= 11 is 0. The molecular weight excluding hydrogens is 358 g/mol. The van der Waals surface area contributed by atoms with Gasteiger partial charge in [0.15, 0.2) is 0 Å². The van der Waals surface area contributed by atoms with Gasteiger partial charge in [-0.15, -0.1) is 0 Å². The van der Waals surface area contributed by atoms with Gasteiger partial charge in [0.1, 0.15) is 0 Å². The third-order valence-electron chi connectivity index (χ3n) is 6.81. The summed E-state index contributed by atoms with van der Waals surface area (Å²) in [6.45, 7) is 1.92. The van der Waals surface area contributed by atoms with Crippen molar-refractivity contribution in [3.8, 4) is 0 Å². The molecule has 5 rings (SSSR count). The van der Waals surface area contributed by atoms with E-state index in [-0.39, 0.29) is 11.9 Å². The summed E-state index contributed by atoms with van der Waals surface area (Å²) in [4.78, 5) is 15.1. The topological polar surface area (TPSA) is 37.3 Å². The average Bonchev–Trinajstić information content (AvgIpc) is 3.22. The number of likely N-dealkylation sites (tertiary alicyclic amines) is 1. The van der Waals surface area contributed by atoms with Gasteiger partial charge in [0.25, 0.3) is 0 Å². The van der Waals surface area contributed by atoms with Gasteiger partial charge in [0.2, 0.25) is 5.91 Å². The molecule has 4 heteroatoms. The Bertz CT molecular complexity index is 1010. The standard InChI is InChI=1S/C25H29N3O/c1-27-15-19(20-11-5-6-12-22(20)27)16-28-17-21(18-9-3-2-4-10-18)25-23(28)13-7-8-14-24(29)26-25/h2-6,9-12,15,21,23,25H,7-8,13-14,16-17H2,1H3,(H,26,29)/t21-,23+,25-/m0/s1. The fraction of sp³-hybridized carbons (Fsp3) is 0.400. The molecule has 0 bridgehead atoms. The molecule has 2 aromatic carbocycles. The van der Waals surface area contributed by atoms with Crippen LogP contribution in [0.25, 0.3) is 10.9 Å². The zero-order valence-corrected chi connectivity index (χ0v) is 17.1. The molecule has 4 nitrogen and oxygen atoms in total. The minimum Gasteiger partial charge on any atom is -0.351 e. The number of nitrogens with zero attached hydrogens (tertiary/aromatic N) is 2. The lowest BCUT2D eigenvalue weighted by Gasteiger charge is -2.31. The fourth-order valence-corrected chi connectivity index (χ4v) is 5.42. The first-order valence-corrected chi connectivity index (χ1v) is 10.8. The van der Waals surface area contributed by atoms with Gasteiger partial charge in [-0.3, -0.25) is 9.69 Å². The van der Waals surface area contributed by atoms with Crippen LogP contribution in [-0.4, -0.2) is 34.0 Å². The Hall–Kier alpha value is -2.59. The van der Waals surface area contributed by atoms with E-state index in [2.05, 4.69) is 82.6 Å². The van der Waals surface area contributed by atoms with E-state index in [0.717, 1.165) is 32.4 Å². The number of fused-ring (bicyclic) bond motifs is 2. The third-order valence-corrected chi connectivity index (χ3v) is 6.81. The lowest BCUT2D eigenvalue weighted by Crippen LogP contribution is -2.47. The highest BCUT2D eigenvalue weighted by molar-refractivity contribution is 5.83. The fourth-order valence-electron chi connectivity index (χ4n) is 5.42. The summed E-state index contributed by atoms with van der Waals surface area (Å²) in [5, 5.41) is 4.74. The maximum Gasteiger partial charge on any atom is 0.220 e. The van der Waals surface area contributed by atoms with Gasteiger partial charge in [-0.2, -0.15) is 0 Å². The van der Waals surface area contributed by atoms with Crippen molar-refractivity contribution in [1.29, 1.82) is 0 Å². The second-order valence-corrected chi connectivity index (χ2v) is 8.64. The van der Waals surface area contributed by atoms with Crippen LogP contribution in [0.15, 0.2) is 60.8 Å². The van der Waals surface area contributed by atoms with Crippen molar-refractivity contribution < 1.29 is 4.79 Å². The molecule has 2 fully saturated rings. The minimum atomic E-state index is 0.195. The molecule has 2 aliphatic rings. The number of para-hydroxylation sites is 1. The molecule has 2 aliphatic heterocycles. The first-order valence-electron chi connectivity index (χ1n) is 10.8. The molecule has 3 atom stereocenters. The smallest absolute Gasteiger partial charge is 0.220 e.